The monoisotopic (exact) mass is 150 g/mol. The molecule has 0 spiro atoms. The van der Waals surface area contributed by atoms with E-state index < -0.39 is 0 Å². The molecule has 3 nitrogen and oxygen atoms in total. The first-order valence-corrected chi connectivity index (χ1v) is 3.70. The zero-order chi connectivity index (χ0) is 7.68. The normalized spacial score (nSPS) is 13.9. The lowest BCUT2D eigenvalue weighted by Crippen LogP contribution is -1.95. The number of rotatable bonds is 1. The number of nitrogens with one attached hydrogen (secondary N) is 1. The molecule has 0 amide bonds. The molecule has 1 aromatic rings. The van der Waals surface area contributed by atoms with Crippen molar-refractivity contribution in [1.82, 2.24) is 4.98 Å². The molecule has 0 fully saturated rings. The highest BCUT2D eigenvalue weighted by atomic mass is 16.5. The second-order valence-corrected chi connectivity index (χ2v) is 2.50. The van der Waals surface area contributed by atoms with Crippen molar-refractivity contribution in [2.75, 3.05) is 19.0 Å². The summed E-state index contributed by atoms with van der Waals surface area (Å²) in [7, 11) is 1.85. The third-order valence-corrected chi connectivity index (χ3v) is 1.84. The molecule has 11 heavy (non-hydrogen) atoms. The van der Waals surface area contributed by atoms with Crippen molar-refractivity contribution in [3.63, 3.8) is 0 Å². The number of ether oxygens (including phenoxy) is 1. The van der Waals surface area contributed by atoms with Crippen molar-refractivity contribution >= 4 is 5.82 Å². The molecule has 1 aliphatic rings. The SMILES string of the molecule is CNc1nccc2c1OCC2. The lowest BCUT2D eigenvalue weighted by atomic mass is 10.2. The van der Waals surface area contributed by atoms with Crippen LogP contribution in [0, 0.1) is 0 Å². The molecule has 0 saturated heterocycles. The van der Waals surface area contributed by atoms with Crippen LogP contribution in [0.2, 0.25) is 0 Å². The zero-order valence-electron chi connectivity index (χ0n) is 6.42. The fourth-order valence-electron chi connectivity index (χ4n) is 1.29. The largest absolute Gasteiger partial charge is 0.489 e. The first kappa shape index (κ1) is 6.46. The van der Waals surface area contributed by atoms with Crippen molar-refractivity contribution in [2.24, 2.45) is 0 Å². The molecule has 1 aliphatic heterocycles. The van der Waals surface area contributed by atoms with Crippen molar-refractivity contribution in [3.05, 3.63) is 17.8 Å². The minimum atomic E-state index is 0.787. The van der Waals surface area contributed by atoms with Crippen molar-refractivity contribution in [2.45, 2.75) is 6.42 Å². The van der Waals surface area contributed by atoms with E-state index in [9.17, 15) is 0 Å². The molecule has 3 heteroatoms. The van der Waals surface area contributed by atoms with Crippen LogP contribution in [-0.4, -0.2) is 18.6 Å². The Balaban J connectivity index is 2.50. The summed E-state index contributed by atoms with van der Waals surface area (Å²) in [5.41, 5.74) is 1.25. The van der Waals surface area contributed by atoms with E-state index in [2.05, 4.69) is 10.3 Å². The molecule has 0 aliphatic carbocycles. The van der Waals surface area contributed by atoms with Gasteiger partial charge in [0, 0.05) is 25.2 Å². The van der Waals surface area contributed by atoms with Gasteiger partial charge < -0.3 is 10.1 Å². The Labute approximate surface area is 65.4 Å². The lowest BCUT2D eigenvalue weighted by Gasteiger charge is -2.04. The fourth-order valence-corrected chi connectivity index (χ4v) is 1.29. The minimum Gasteiger partial charge on any atom is -0.489 e. The average Bonchev–Trinajstić information content (AvgIpc) is 2.50. The van der Waals surface area contributed by atoms with Gasteiger partial charge in [0.05, 0.1) is 6.61 Å². The van der Waals surface area contributed by atoms with Crippen LogP contribution >= 0.6 is 0 Å². The van der Waals surface area contributed by atoms with Gasteiger partial charge in [-0.3, -0.25) is 0 Å². The Bertz CT molecular complexity index is 273. The minimum absolute atomic E-state index is 0.787. The Morgan fingerprint density at radius 3 is 3.36 bits per heavy atom. The summed E-state index contributed by atoms with van der Waals surface area (Å²) in [5, 5.41) is 2.99. The Morgan fingerprint density at radius 1 is 1.64 bits per heavy atom. The number of aromatic nitrogens is 1. The standard InChI is InChI=1S/C8H10N2O/c1-9-8-7-6(2-4-10-8)3-5-11-7/h2,4H,3,5H2,1H3,(H,9,10). The highest BCUT2D eigenvalue weighted by molar-refractivity contribution is 5.55. The quantitative estimate of drug-likeness (QED) is 0.650. The highest BCUT2D eigenvalue weighted by Gasteiger charge is 2.15. The molecule has 58 valence electrons. The number of pyridine rings is 1. The second kappa shape index (κ2) is 2.42. The smallest absolute Gasteiger partial charge is 0.168 e. The van der Waals surface area contributed by atoms with Crippen LogP contribution < -0.4 is 10.1 Å². The van der Waals surface area contributed by atoms with E-state index in [-0.39, 0.29) is 0 Å². The molecule has 0 bridgehead atoms. The predicted molar refractivity (Wildman–Crippen MR) is 43.0 cm³/mol. The van der Waals surface area contributed by atoms with E-state index in [0.29, 0.717) is 0 Å². The van der Waals surface area contributed by atoms with E-state index in [1.165, 1.54) is 5.56 Å². The Hall–Kier alpha value is -1.25. The van der Waals surface area contributed by atoms with Gasteiger partial charge in [-0.15, -0.1) is 0 Å². The number of nitrogens with zero attached hydrogens (tertiary/aromatic N) is 1. The van der Waals surface area contributed by atoms with Gasteiger partial charge in [-0.05, 0) is 6.07 Å². The summed E-state index contributed by atoms with van der Waals surface area (Å²) in [5.74, 6) is 1.77. The van der Waals surface area contributed by atoms with Crippen molar-refractivity contribution < 1.29 is 4.74 Å². The maximum atomic E-state index is 5.40. The van der Waals surface area contributed by atoms with Crippen LogP contribution in [0.4, 0.5) is 5.82 Å². The van der Waals surface area contributed by atoms with E-state index in [4.69, 9.17) is 4.74 Å². The number of anilines is 1. The van der Waals surface area contributed by atoms with E-state index >= 15 is 0 Å². The average molecular weight is 150 g/mol. The van der Waals surface area contributed by atoms with Crippen LogP contribution in [0.25, 0.3) is 0 Å². The van der Waals surface area contributed by atoms with Gasteiger partial charge in [0.2, 0.25) is 0 Å². The van der Waals surface area contributed by atoms with Crippen LogP contribution in [-0.2, 0) is 6.42 Å². The topological polar surface area (TPSA) is 34.2 Å². The predicted octanol–water partition coefficient (Wildman–Crippen LogP) is 1.06. The molecule has 0 atom stereocenters. The number of hydrogen-bond acceptors (Lipinski definition) is 3. The first-order chi connectivity index (χ1) is 5.42. The van der Waals surface area contributed by atoms with E-state index in [0.717, 1.165) is 24.6 Å². The molecule has 0 saturated carbocycles. The summed E-state index contributed by atoms with van der Waals surface area (Å²) >= 11 is 0. The highest BCUT2D eigenvalue weighted by Crippen LogP contribution is 2.30. The van der Waals surface area contributed by atoms with Crippen molar-refractivity contribution in [1.29, 1.82) is 0 Å². The van der Waals surface area contributed by atoms with Gasteiger partial charge in [0.15, 0.2) is 11.6 Å². The molecular formula is C8H10N2O. The molecule has 2 heterocycles. The zero-order valence-corrected chi connectivity index (χ0v) is 6.42. The Kier molecular flexibility index (Phi) is 1.42. The number of fused-ring (bicyclic) bond motifs is 1. The van der Waals surface area contributed by atoms with Gasteiger partial charge in [-0.1, -0.05) is 0 Å². The number of hydrogen-bond donors (Lipinski definition) is 1. The van der Waals surface area contributed by atoms with Crippen LogP contribution in [0.15, 0.2) is 12.3 Å². The Morgan fingerprint density at radius 2 is 2.55 bits per heavy atom. The maximum absolute atomic E-state index is 5.40. The van der Waals surface area contributed by atoms with Crippen LogP contribution in [0.5, 0.6) is 5.75 Å². The fraction of sp³-hybridized carbons (Fsp3) is 0.375. The van der Waals surface area contributed by atoms with Gasteiger partial charge in [0.25, 0.3) is 0 Å². The van der Waals surface area contributed by atoms with Gasteiger partial charge >= 0.3 is 0 Å². The molecular weight excluding hydrogens is 140 g/mol. The molecule has 2 rings (SSSR count). The van der Waals surface area contributed by atoms with Gasteiger partial charge in [0.1, 0.15) is 0 Å². The molecule has 0 aromatic carbocycles. The molecule has 0 radical (unpaired) electrons. The van der Waals surface area contributed by atoms with Gasteiger partial charge in [-0.25, -0.2) is 4.98 Å². The van der Waals surface area contributed by atoms with E-state index in [1.54, 1.807) is 6.20 Å². The summed E-state index contributed by atoms with van der Waals surface area (Å²) in [6.07, 6.45) is 2.81. The van der Waals surface area contributed by atoms with Gasteiger partial charge in [-0.2, -0.15) is 0 Å². The third-order valence-electron chi connectivity index (χ3n) is 1.84. The third kappa shape index (κ3) is 0.926. The summed E-state index contributed by atoms with van der Waals surface area (Å²) in [6.45, 7) is 0.787. The summed E-state index contributed by atoms with van der Waals surface area (Å²) in [4.78, 5) is 4.13. The maximum Gasteiger partial charge on any atom is 0.168 e. The summed E-state index contributed by atoms with van der Waals surface area (Å²) < 4.78 is 5.40. The van der Waals surface area contributed by atoms with Crippen molar-refractivity contribution in [3.8, 4) is 5.75 Å². The molecule has 1 aromatic heterocycles. The summed E-state index contributed by atoms with van der Waals surface area (Å²) in [6, 6.07) is 2.00. The van der Waals surface area contributed by atoms with Crippen LogP contribution in [0.3, 0.4) is 0 Å². The lowest BCUT2D eigenvalue weighted by molar-refractivity contribution is 0.357. The first-order valence-electron chi connectivity index (χ1n) is 3.70. The molecule has 0 unspecified atom stereocenters. The molecule has 1 N–H and O–H groups in total. The van der Waals surface area contributed by atoms with E-state index in [1.807, 2.05) is 13.1 Å². The second-order valence-electron chi connectivity index (χ2n) is 2.50. The van der Waals surface area contributed by atoms with Crippen LogP contribution in [0.1, 0.15) is 5.56 Å².